The van der Waals surface area contributed by atoms with Crippen LogP contribution in [0.25, 0.3) is 0 Å². The highest BCUT2D eigenvalue weighted by molar-refractivity contribution is 9.11. The van der Waals surface area contributed by atoms with Crippen molar-refractivity contribution in [3.63, 3.8) is 0 Å². The van der Waals surface area contributed by atoms with E-state index in [9.17, 15) is 0 Å². The first-order valence-corrected chi connectivity index (χ1v) is 7.47. The van der Waals surface area contributed by atoms with Crippen LogP contribution in [0.5, 0.6) is 0 Å². The highest BCUT2D eigenvalue weighted by Crippen LogP contribution is 2.22. The Morgan fingerprint density at radius 3 is 2.94 bits per heavy atom. The molecule has 1 aromatic heterocycles. The Hall–Kier alpha value is 0.1000. The van der Waals surface area contributed by atoms with Crippen LogP contribution in [0.15, 0.2) is 15.2 Å². The molecule has 1 fully saturated rings. The van der Waals surface area contributed by atoms with Crippen molar-refractivity contribution in [2.45, 2.75) is 32.4 Å². The van der Waals surface area contributed by atoms with Crippen LogP contribution in [0.1, 0.15) is 25.3 Å². The average molecular weight is 304 g/mol. The topological polar surface area (TPSA) is 21.3 Å². The fourth-order valence-electron chi connectivity index (χ4n) is 2.10. The van der Waals surface area contributed by atoms with Crippen LogP contribution in [-0.4, -0.2) is 19.3 Å². The van der Waals surface area contributed by atoms with E-state index in [4.69, 9.17) is 4.74 Å². The molecule has 2 rings (SSSR count). The maximum absolute atomic E-state index is 5.38. The molecule has 0 radical (unpaired) electrons. The first kappa shape index (κ1) is 12.6. The molecule has 16 heavy (non-hydrogen) atoms. The molecule has 0 aliphatic carbocycles. The Morgan fingerprint density at radius 2 is 2.31 bits per heavy atom. The maximum atomic E-state index is 5.38. The molecule has 1 atom stereocenters. The molecule has 1 N–H and O–H groups in total. The van der Waals surface area contributed by atoms with Gasteiger partial charge in [0.1, 0.15) is 0 Å². The van der Waals surface area contributed by atoms with E-state index in [2.05, 4.69) is 39.6 Å². The van der Waals surface area contributed by atoms with Crippen molar-refractivity contribution in [1.29, 1.82) is 0 Å². The van der Waals surface area contributed by atoms with Crippen LogP contribution in [0.3, 0.4) is 0 Å². The normalized spacial score (nSPS) is 19.9. The molecule has 4 heteroatoms. The summed E-state index contributed by atoms with van der Waals surface area (Å²) in [5, 5.41) is 5.81. The van der Waals surface area contributed by atoms with Crippen molar-refractivity contribution >= 4 is 27.3 Å². The summed E-state index contributed by atoms with van der Waals surface area (Å²) >= 11 is 5.24. The number of ether oxygens (including phenoxy) is 1. The van der Waals surface area contributed by atoms with Gasteiger partial charge in [0.25, 0.3) is 0 Å². The molecule has 1 aromatic rings. The van der Waals surface area contributed by atoms with Gasteiger partial charge in [-0.2, -0.15) is 0 Å². The molecule has 2 nitrogen and oxygen atoms in total. The molecule has 1 saturated heterocycles. The molecular formula is C12H18BrNOS. The third kappa shape index (κ3) is 3.55. The van der Waals surface area contributed by atoms with E-state index in [0.717, 1.165) is 25.7 Å². The number of hydrogen-bond donors (Lipinski definition) is 1. The number of nitrogens with one attached hydrogen (secondary N) is 1. The number of rotatable bonds is 4. The molecule has 0 bridgehead atoms. The first-order chi connectivity index (χ1) is 7.75. The summed E-state index contributed by atoms with van der Waals surface area (Å²) in [4.78, 5) is 0. The summed E-state index contributed by atoms with van der Waals surface area (Å²) < 4.78 is 6.59. The fourth-order valence-corrected chi connectivity index (χ4v) is 3.31. The summed E-state index contributed by atoms with van der Waals surface area (Å²) in [5.41, 5.74) is 1.37. The molecule has 1 aliphatic rings. The zero-order valence-electron chi connectivity index (χ0n) is 9.54. The van der Waals surface area contributed by atoms with Gasteiger partial charge in [-0.05, 0) is 58.6 Å². The van der Waals surface area contributed by atoms with Crippen LogP contribution in [0.4, 0.5) is 0 Å². The lowest BCUT2D eigenvalue weighted by Gasteiger charge is -2.28. The van der Waals surface area contributed by atoms with Gasteiger partial charge in [-0.25, -0.2) is 0 Å². The van der Waals surface area contributed by atoms with Gasteiger partial charge in [-0.3, -0.25) is 0 Å². The minimum absolute atomic E-state index is 0.586. The summed E-state index contributed by atoms with van der Waals surface area (Å²) in [6.45, 7) is 5.12. The predicted molar refractivity (Wildman–Crippen MR) is 71.9 cm³/mol. The molecule has 0 aromatic carbocycles. The van der Waals surface area contributed by atoms with E-state index >= 15 is 0 Å². The number of thiophene rings is 1. The molecule has 0 amide bonds. The summed E-state index contributed by atoms with van der Waals surface area (Å²) in [5.74, 6) is 0.774. The van der Waals surface area contributed by atoms with E-state index < -0.39 is 0 Å². The molecular weight excluding hydrogens is 286 g/mol. The van der Waals surface area contributed by atoms with Crippen molar-refractivity contribution in [1.82, 2.24) is 5.32 Å². The first-order valence-electron chi connectivity index (χ1n) is 5.80. The Bertz CT molecular complexity index is 323. The van der Waals surface area contributed by atoms with Gasteiger partial charge in [0.2, 0.25) is 0 Å². The number of hydrogen-bond acceptors (Lipinski definition) is 3. The maximum Gasteiger partial charge on any atom is 0.0701 e. The summed E-state index contributed by atoms with van der Waals surface area (Å²) in [6, 6.07) is 2.77. The standard InChI is InChI=1S/C12H18BrNOS/c1-9(11-2-4-15-5-3-11)14-7-10-6-12(13)16-8-10/h6,8-9,11,14H,2-5,7H2,1H3. The van der Waals surface area contributed by atoms with Crippen molar-refractivity contribution in [3.8, 4) is 0 Å². The average Bonchev–Trinajstić information content (AvgIpc) is 2.73. The van der Waals surface area contributed by atoms with Crippen LogP contribution in [0.2, 0.25) is 0 Å². The second-order valence-corrected chi connectivity index (χ2v) is 6.67. The van der Waals surface area contributed by atoms with Crippen molar-refractivity contribution in [2.75, 3.05) is 13.2 Å². The fraction of sp³-hybridized carbons (Fsp3) is 0.667. The Labute approximate surface area is 110 Å². The van der Waals surface area contributed by atoms with Crippen LogP contribution in [0, 0.1) is 5.92 Å². The summed E-state index contributed by atoms with van der Waals surface area (Å²) in [6.07, 6.45) is 2.39. The Balaban J connectivity index is 1.76. The second kappa shape index (κ2) is 6.15. The highest BCUT2D eigenvalue weighted by Gasteiger charge is 2.19. The van der Waals surface area contributed by atoms with Crippen LogP contribution < -0.4 is 5.32 Å². The second-order valence-electron chi connectivity index (χ2n) is 4.38. The highest BCUT2D eigenvalue weighted by atomic mass is 79.9. The quantitative estimate of drug-likeness (QED) is 0.920. The summed E-state index contributed by atoms with van der Waals surface area (Å²) in [7, 11) is 0. The molecule has 0 spiro atoms. The molecule has 1 unspecified atom stereocenters. The van der Waals surface area contributed by atoms with E-state index in [-0.39, 0.29) is 0 Å². The van der Waals surface area contributed by atoms with Gasteiger partial charge in [-0.1, -0.05) is 0 Å². The van der Waals surface area contributed by atoms with E-state index in [1.54, 1.807) is 11.3 Å². The largest absolute Gasteiger partial charge is 0.381 e. The van der Waals surface area contributed by atoms with Crippen molar-refractivity contribution in [3.05, 3.63) is 20.8 Å². The van der Waals surface area contributed by atoms with Gasteiger partial charge in [-0.15, -0.1) is 11.3 Å². The lowest BCUT2D eigenvalue weighted by molar-refractivity contribution is 0.0558. The van der Waals surface area contributed by atoms with Crippen LogP contribution >= 0.6 is 27.3 Å². The molecule has 2 heterocycles. The van der Waals surface area contributed by atoms with E-state index in [0.29, 0.717) is 6.04 Å². The van der Waals surface area contributed by atoms with Gasteiger partial charge in [0.15, 0.2) is 0 Å². The molecule has 0 saturated carbocycles. The molecule has 1 aliphatic heterocycles. The molecule has 90 valence electrons. The van der Waals surface area contributed by atoms with E-state index in [1.165, 1.54) is 22.2 Å². The Morgan fingerprint density at radius 1 is 1.56 bits per heavy atom. The number of halogens is 1. The van der Waals surface area contributed by atoms with Crippen molar-refractivity contribution < 1.29 is 4.74 Å². The van der Waals surface area contributed by atoms with Gasteiger partial charge in [0, 0.05) is 25.8 Å². The third-order valence-corrected chi connectivity index (χ3v) is 4.78. The third-order valence-electron chi connectivity index (χ3n) is 3.22. The van der Waals surface area contributed by atoms with Crippen LogP contribution in [-0.2, 0) is 11.3 Å². The van der Waals surface area contributed by atoms with E-state index in [1.807, 2.05) is 0 Å². The minimum Gasteiger partial charge on any atom is -0.381 e. The van der Waals surface area contributed by atoms with Gasteiger partial charge in [0.05, 0.1) is 3.79 Å². The SMILES string of the molecule is CC(NCc1csc(Br)c1)C1CCOCC1. The van der Waals surface area contributed by atoms with Gasteiger partial charge < -0.3 is 10.1 Å². The Kier molecular flexibility index (Phi) is 4.82. The van der Waals surface area contributed by atoms with Crippen molar-refractivity contribution in [2.24, 2.45) is 5.92 Å². The smallest absolute Gasteiger partial charge is 0.0701 e. The zero-order valence-corrected chi connectivity index (χ0v) is 11.9. The lowest BCUT2D eigenvalue weighted by atomic mass is 9.93. The van der Waals surface area contributed by atoms with Gasteiger partial charge >= 0.3 is 0 Å². The lowest BCUT2D eigenvalue weighted by Crippen LogP contribution is -2.36. The monoisotopic (exact) mass is 303 g/mol. The predicted octanol–water partition coefficient (Wildman–Crippen LogP) is 3.42. The minimum atomic E-state index is 0.586. The zero-order chi connectivity index (χ0) is 11.4.